The summed E-state index contributed by atoms with van der Waals surface area (Å²) in [7, 11) is 1.52. The molecule has 182 valence electrons. The number of benzene rings is 3. The summed E-state index contributed by atoms with van der Waals surface area (Å²) in [5.74, 6) is -0.682. The SMILES string of the molecule is CCOc1ccc(C2C(C(=O)c3cc4cccc(OC)c4o3)=C(O)C(=O)N2c2cccc(C)c2)cc1. The first kappa shape index (κ1) is 23.2. The molecular formula is C29H25NO6. The first-order valence-corrected chi connectivity index (χ1v) is 11.6. The number of fused-ring (bicyclic) bond motifs is 1. The van der Waals surface area contributed by atoms with Crippen molar-refractivity contribution in [1.29, 1.82) is 0 Å². The Balaban J connectivity index is 1.64. The van der Waals surface area contributed by atoms with Crippen molar-refractivity contribution in [3.05, 3.63) is 101 Å². The molecule has 7 heteroatoms. The van der Waals surface area contributed by atoms with Crippen molar-refractivity contribution in [2.24, 2.45) is 0 Å². The molecule has 1 N–H and O–H groups in total. The van der Waals surface area contributed by atoms with Crippen molar-refractivity contribution in [2.45, 2.75) is 19.9 Å². The smallest absolute Gasteiger partial charge is 0.294 e. The number of ether oxygens (including phenoxy) is 2. The molecule has 0 bridgehead atoms. The van der Waals surface area contributed by atoms with Crippen LogP contribution < -0.4 is 14.4 Å². The summed E-state index contributed by atoms with van der Waals surface area (Å²) in [6.45, 7) is 4.32. The van der Waals surface area contributed by atoms with Crippen molar-refractivity contribution in [3.8, 4) is 11.5 Å². The van der Waals surface area contributed by atoms with E-state index in [0.29, 0.717) is 40.3 Å². The van der Waals surface area contributed by atoms with Gasteiger partial charge in [-0.2, -0.15) is 0 Å². The Bertz CT molecular complexity index is 1500. The summed E-state index contributed by atoms with van der Waals surface area (Å²) in [4.78, 5) is 28.6. The van der Waals surface area contributed by atoms with Gasteiger partial charge in [-0.15, -0.1) is 0 Å². The first-order valence-electron chi connectivity index (χ1n) is 11.6. The monoisotopic (exact) mass is 483 g/mol. The van der Waals surface area contributed by atoms with Gasteiger partial charge in [0.15, 0.2) is 22.9 Å². The number of ketones is 1. The summed E-state index contributed by atoms with van der Waals surface area (Å²) < 4.78 is 16.8. The summed E-state index contributed by atoms with van der Waals surface area (Å²) >= 11 is 0. The van der Waals surface area contributed by atoms with E-state index in [0.717, 1.165) is 5.56 Å². The molecule has 4 aromatic rings. The average molecular weight is 484 g/mol. The highest BCUT2D eigenvalue weighted by molar-refractivity contribution is 6.20. The maximum atomic E-state index is 13.8. The number of aliphatic hydroxyl groups is 1. The zero-order valence-electron chi connectivity index (χ0n) is 20.1. The Morgan fingerprint density at radius 3 is 2.50 bits per heavy atom. The third kappa shape index (κ3) is 3.88. The highest BCUT2D eigenvalue weighted by Crippen LogP contribution is 2.43. The summed E-state index contributed by atoms with van der Waals surface area (Å²) in [6, 6.07) is 20.6. The van der Waals surface area contributed by atoms with Gasteiger partial charge in [0.2, 0.25) is 5.78 Å². The molecule has 1 amide bonds. The number of anilines is 1. The number of Topliss-reactive ketones (excluding diaryl/α,β-unsaturated/α-hetero) is 1. The van der Waals surface area contributed by atoms with E-state index in [-0.39, 0.29) is 11.3 Å². The van der Waals surface area contributed by atoms with Crippen LogP contribution in [0.25, 0.3) is 11.0 Å². The fourth-order valence-electron chi connectivity index (χ4n) is 4.55. The lowest BCUT2D eigenvalue weighted by atomic mass is 9.94. The zero-order chi connectivity index (χ0) is 25.4. The molecule has 0 spiro atoms. The third-order valence-corrected chi connectivity index (χ3v) is 6.19. The number of nitrogens with zero attached hydrogens (tertiary/aromatic N) is 1. The number of carbonyl (C=O) groups is 2. The number of amides is 1. The quantitative estimate of drug-likeness (QED) is 0.328. The lowest BCUT2D eigenvalue weighted by Gasteiger charge is -2.27. The molecule has 36 heavy (non-hydrogen) atoms. The fraction of sp³-hybridized carbons (Fsp3) is 0.172. The molecule has 5 rings (SSSR count). The average Bonchev–Trinajstić information content (AvgIpc) is 3.43. The van der Waals surface area contributed by atoms with E-state index in [1.165, 1.54) is 12.0 Å². The maximum Gasteiger partial charge on any atom is 0.294 e. The van der Waals surface area contributed by atoms with Gasteiger partial charge in [0.1, 0.15) is 5.75 Å². The number of aryl methyl sites for hydroxylation is 1. The van der Waals surface area contributed by atoms with E-state index in [1.54, 1.807) is 54.6 Å². The van der Waals surface area contributed by atoms with Crippen LogP contribution in [0, 0.1) is 6.92 Å². The number of furan rings is 1. The number of aliphatic hydroxyl groups excluding tert-OH is 1. The molecule has 1 atom stereocenters. The first-order chi connectivity index (χ1) is 17.4. The van der Waals surface area contributed by atoms with E-state index in [2.05, 4.69) is 0 Å². The predicted octanol–water partition coefficient (Wildman–Crippen LogP) is 5.93. The second kappa shape index (κ2) is 9.26. The number of hydrogen-bond donors (Lipinski definition) is 1. The topological polar surface area (TPSA) is 89.2 Å². The molecule has 0 aliphatic carbocycles. The van der Waals surface area contributed by atoms with Crippen LogP contribution >= 0.6 is 0 Å². The Labute approximate surface area is 208 Å². The van der Waals surface area contributed by atoms with Crippen LogP contribution in [-0.4, -0.2) is 30.5 Å². The van der Waals surface area contributed by atoms with Crippen LogP contribution in [0.5, 0.6) is 11.5 Å². The van der Waals surface area contributed by atoms with Crippen LogP contribution in [0.3, 0.4) is 0 Å². The largest absolute Gasteiger partial charge is 0.503 e. The minimum absolute atomic E-state index is 0.00544. The van der Waals surface area contributed by atoms with E-state index in [4.69, 9.17) is 13.9 Å². The molecule has 0 saturated heterocycles. The molecule has 1 aromatic heterocycles. The number of para-hydroxylation sites is 1. The van der Waals surface area contributed by atoms with Gasteiger partial charge in [0.05, 0.1) is 25.3 Å². The van der Waals surface area contributed by atoms with Crippen molar-refractivity contribution in [3.63, 3.8) is 0 Å². The highest BCUT2D eigenvalue weighted by atomic mass is 16.5. The van der Waals surface area contributed by atoms with Crippen molar-refractivity contribution >= 4 is 28.3 Å². The van der Waals surface area contributed by atoms with Gasteiger partial charge in [0, 0.05) is 11.1 Å². The molecule has 0 saturated carbocycles. The predicted molar refractivity (Wildman–Crippen MR) is 136 cm³/mol. The highest BCUT2D eigenvalue weighted by Gasteiger charge is 2.45. The Morgan fingerprint density at radius 2 is 1.81 bits per heavy atom. The van der Waals surface area contributed by atoms with Gasteiger partial charge >= 0.3 is 0 Å². The molecule has 3 aromatic carbocycles. The maximum absolute atomic E-state index is 13.8. The van der Waals surface area contributed by atoms with Crippen LogP contribution in [0.15, 0.2) is 88.5 Å². The molecule has 2 heterocycles. The van der Waals surface area contributed by atoms with Gasteiger partial charge in [-0.1, -0.05) is 36.4 Å². The van der Waals surface area contributed by atoms with E-state index >= 15 is 0 Å². The molecule has 7 nitrogen and oxygen atoms in total. The molecular weight excluding hydrogens is 458 g/mol. The van der Waals surface area contributed by atoms with Gasteiger partial charge < -0.3 is 19.0 Å². The Kier molecular flexibility index (Phi) is 5.98. The van der Waals surface area contributed by atoms with E-state index in [9.17, 15) is 14.7 Å². The number of carbonyl (C=O) groups excluding carboxylic acids is 2. The van der Waals surface area contributed by atoms with E-state index in [1.807, 2.05) is 32.0 Å². The van der Waals surface area contributed by atoms with Gasteiger partial charge in [-0.25, -0.2) is 0 Å². The number of hydrogen-bond acceptors (Lipinski definition) is 6. The fourth-order valence-corrected chi connectivity index (χ4v) is 4.55. The van der Waals surface area contributed by atoms with Crippen LogP contribution in [0.4, 0.5) is 5.69 Å². The number of methoxy groups -OCH3 is 1. The molecule has 0 fully saturated rings. The lowest BCUT2D eigenvalue weighted by Crippen LogP contribution is -2.31. The van der Waals surface area contributed by atoms with Crippen LogP contribution in [0.1, 0.15) is 34.6 Å². The molecule has 1 unspecified atom stereocenters. The third-order valence-electron chi connectivity index (χ3n) is 6.19. The normalized spacial score (nSPS) is 15.6. The summed E-state index contributed by atoms with van der Waals surface area (Å²) in [6.07, 6.45) is 0. The minimum Gasteiger partial charge on any atom is -0.503 e. The van der Waals surface area contributed by atoms with Crippen LogP contribution in [0.2, 0.25) is 0 Å². The van der Waals surface area contributed by atoms with Gasteiger partial charge in [-0.05, 0) is 61.4 Å². The van der Waals surface area contributed by atoms with Crippen LogP contribution in [-0.2, 0) is 4.79 Å². The van der Waals surface area contributed by atoms with Crippen molar-refractivity contribution < 1.29 is 28.6 Å². The lowest BCUT2D eigenvalue weighted by molar-refractivity contribution is -0.117. The molecule has 1 aliphatic rings. The zero-order valence-corrected chi connectivity index (χ0v) is 20.1. The second-order valence-corrected chi connectivity index (χ2v) is 8.50. The second-order valence-electron chi connectivity index (χ2n) is 8.50. The number of rotatable bonds is 7. The standard InChI is InChI=1S/C29H25NO6/c1-4-35-21-13-11-18(12-14-21)25-24(27(32)29(33)30(25)20-9-5-7-17(2)15-20)26(31)23-16-19-8-6-10-22(34-3)28(19)36-23/h5-16,25,32H,4H2,1-3H3. The Hall–Kier alpha value is -4.52. The van der Waals surface area contributed by atoms with Crippen molar-refractivity contribution in [2.75, 3.05) is 18.6 Å². The van der Waals surface area contributed by atoms with Gasteiger partial charge in [0.25, 0.3) is 5.91 Å². The Morgan fingerprint density at radius 1 is 1.06 bits per heavy atom. The summed E-state index contributed by atoms with van der Waals surface area (Å²) in [5.41, 5.74) is 2.52. The van der Waals surface area contributed by atoms with Crippen molar-refractivity contribution in [1.82, 2.24) is 0 Å². The molecule has 0 radical (unpaired) electrons. The van der Waals surface area contributed by atoms with Gasteiger partial charge in [-0.3, -0.25) is 14.5 Å². The summed E-state index contributed by atoms with van der Waals surface area (Å²) in [5, 5.41) is 11.7. The molecule has 1 aliphatic heterocycles. The van der Waals surface area contributed by atoms with E-state index < -0.39 is 23.5 Å². The minimum atomic E-state index is -0.863.